The third-order valence-corrected chi connectivity index (χ3v) is 2.72. The molecular formula is C12H18N2S. The molecule has 1 aliphatic rings. The SMILES string of the molecule is C/N=C1/SC=N/C1=C/C=C\CC(C)(C)C. The minimum atomic E-state index is 0.352. The van der Waals surface area contributed by atoms with Gasteiger partial charge in [0.2, 0.25) is 0 Å². The number of aliphatic imine (C=N–C) groups is 2. The van der Waals surface area contributed by atoms with E-state index >= 15 is 0 Å². The van der Waals surface area contributed by atoms with E-state index in [9.17, 15) is 0 Å². The van der Waals surface area contributed by atoms with Crippen LogP contribution in [0.5, 0.6) is 0 Å². The number of hydrogen-bond donors (Lipinski definition) is 0. The lowest BCUT2D eigenvalue weighted by Gasteiger charge is -2.14. The smallest absolute Gasteiger partial charge is 0.122 e. The normalized spacial score (nSPS) is 22.4. The number of thioether (sulfide) groups is 1. The minimum absolute atomic E-state index is 0.352. The molecule has 0 radical (unpaired) electrons. The lowest BCUT2D eigenvalue weighted by atomic mass is 9.92. The molecule has 0 spiro atoms. The molecule has 0 aromatic carbocycles. The fourth-order valence-electron chi connectivity index (χ4n) is 1.11. The van der Waals surface area contributed by atoms with E-state index in [0.717, 1.165) is 17.2 Å². The van der Waals surface area contributed by atoms with Gasteiger partial charge in [0.05, 0.1) is 11.2 Å². The monoisotopic (exact) mass is 222 g/mol. The van der Waals surface area contributed by atoms with E-state index in [1.165, 1.54) is 0 Å². The van der Waals surface area contributed by atoms with Crippen molar-refractivity contribution >= 4 is 22.4 Å². The van der Waals surface area contributed by atoms with Crippen molar-refractivity contribution in [3.05, 3.63) is 23.9 Å². The van der Waals surface area contributed by atoms with Gasteiger partial charge >= 0.3 is 0 Å². The molecule has 1 rings (SSSR count). The molecule has 3 heteroatoms. The largest absolute Gasteiger partial charge is 0.279 e. The van der Waals surface area contributed by atoms with E-state index in [1.54, 1.807) is 18.8 Å². The average Bonchev–Trinajstić information content (AvgIpc) is 2.58. The molecule has 0 amide bonds. The van der Waals surface area contributed by atoms with Crippen molar-refractivity contribution in [1.29, 1.82) is 0 Å². The lowest BCUT2D eigenvalue weighted by Crippen LogP contribution is -2.01. The molecule has 0 unspecified atom stereocenters. The summed E-state index contributed by atoms with van der Waals surface area (Å²) in [5.74, 6) is 0. The summed E-state index contributed by atoms with van der Waals surface area (Å²) in [5, 5.41) is 0.996. The second-order valence-corrected chi connectivity index (χ2v) is 5.46. The molecule has 0 aromatic rings. The molecule has 0 atom stereocenters. The predicted octanol–water partition coefficient (Wildman–Crippen LogP) is 3.67. The second-order valence-electron chi connectivity index (χ2n) is 4.63. The summed E-state index contributed by atoms with van der Waals surface area (Å²) in [7, 11) is 1.80. The highest BCUT2D eigenvalue weighted by molar-refractivity contribution is 8.25. The Hall–Kier alpha value is -0.830. The molecule has 0 bridgehead atoms. The van der Waals surface area contributed by atoms with Crippen molar-refractivity contribution in [2.75, 3.05) is 7.05 Å². The van der Waals surface area contributed by atoms with Crippen molar-refractivity contribution in [2.45, 2.75) is 27.2 Å². The molecule has 2 nitrogen and oxygen atoms in total. The Morgan fingerprint density at radius 3 is 2.80 bits per heavy atom. The Labute approximate surface area is 96.3 Å². The van der Waals surface area contributed by atoms with Crippen LogP contribution in [0.25, 0.3) is 0 Å². The quantitative estimate of drug-likeness (QED) is 0.699. The van der Waals surface area contributed by atoms with Crippen LogP contribution in [-0.4, -0.2) is 17.6 Å². The van der Waals surface area contributed by atoms with Crippen LogP contribution in [-0.2, 0) is 0 Å². The van der Waals surface area contributed by atoms with E-state index in [4.69, 9.17) is 0 Å². The van der Waals surface area contributed by atoms with Gasteiger partial charge in [-0.25, -0.2) is 4.99 Å². The summed E-state index contributed by atoms with van der Waals surface area (Å²) in [5.41, 5.74) is 3.14. The van der Waals surface area contributed by atoms with E-state index in [-0.39, 0.29) is 0 Å². The molecular weight excluding hydrogens is 204 g/mol. The average molecular weight is 222 g/mol. The fraction of sp³-hybridized carbons (Fsp3) is 0.500. The Bertz CT molecular complexity index is 330. The van der Waals surface area contributed by atoms with Crippen LogP contribution in [0, 0.1) is 5.41 Å². The Kier molecular flexibility index (Phi) is 4.33. The zero-order valence-electron chi connectivity index (χ0n) is 9.82. The first-order valence-electron chi connectivity index (χ1n) is 5.06. The molecule has 1 heterocycles. The summed E-state index contributed by atoms with van der Waals surface area (Å²) in [6.07, 6.45) is 7.34. The Morgan fingerprint density at radius 2 is 2.20 bits per heavy atom. The molecule has 82 valence electrons. The topological polar surface area (TPSA) is 24.7 Å². The van der Waals surface area contributed by atoms with Gasteiger partial charge in [-0.3, -0.25) is 4.99 Å². The summed E-state index contributed by atoms with van der Waals surface area (Å²) in [4.78, 5) is 8.39. The van der Waals surface area contributed by atoms with Gasteiger partial charge in [-0.1, -0.05) is 44.7 Å². The highest BCUT2D eigenvalue weighted by Gasteiger charge is 2.09. The number of rotatable bonds is 2. The Balaban J connectivity index is 2.54. The third-order valence-electron chi connectivity index (χ3n) is 1.90. The van der Waals surface area contributed by atoms with Crippen LogP contribution in [0.3, 0.4) is 0 Å². The van der Waals surface area contributed by atoms with Gasteiger partial charge in [-0.05, 0) is 17.9 Å². The van der Waals surface area contributed by atoms with E-state index in [1.807, 2.05) is 11.6 Å². The van der Waals surface area contributed by atoms with Gasteiger partial charge in [0.15, 0.2) is 0 Å². The van der Waals surface area contributed by atoms with Gasteiger partial charge in [0.1, 0.15) is 5.04 Å². The molecule has 0 saturated carbocycles. The van der Waals surface area contributed by atoms with E-state index in [0.29, 0.717) is 5.41 Å². The van der Waals surface area contributed by atoms with Crippen LogP contribution in [0.1, 0.15) is 27.2 Å². The summed E-state index contributed by atoms with van der Waals surface area (Å²) in [6, 6.07) is 0. The first-order valence-corrected chi connectivity index (χ1v) is 5.94. The second kappa shape index (κ2) is 5.31. The van der Waals surface area contributed by atoms with Crippen molar-refractivity contribution in [3.8, 4) is 0 Å². The van der Waals surface area contributed by atoms with Gasteiger partial charge in [-0.15, -0.1) is 0 Å². The van der Waals surface area contributed by atoms with Crippen LogP contribution >= 0.6 is 11.8 Å². The van der Waals surface area contributed by atoms with Crippen LogP contribution in [0.4, 0.5) is 0 Å². The van der Waals surface area contributed by atoms with Crippen molar-refractivity contribution in [3.63, 3.8) is 0 Å². The van der Waals surface area contributed by atoms with Gasteiger partial charge in [0.25, 0.3) is 0 Å². The molecule has 15 heavy (non-hydrogen) atoms. The summed E-state index contributed by atoms with van der Waals surface area (Å²) in [6.45, 7) is 6.69. The van der Waals surface area contributed by atoms with Crippen molar-refractivity contribution in [1.82, 2.24) is 0 Å². The Morgan fingerprint density at radius 1 is 1.47 bits per heavy atom. The number of hydrogen-bond acceptors (Lipinski definition) is 3. The third kappa shape index (κ3) is 4.47. The van der Waals surface area contributed by atoms with Gasteiger partial charge in [-0.2, -0.15) is 0 Å². The molecule has 1 aliphatic heterocycles. The minimum Gasteiger partial charge on any atom is -0.279 e. The molecule has 0 aromatic heterocycles. The van der Waals surface area contributed by atoms with Gasteiger partial charge in [0, 0.05) is 7.05 Å². The van der Waals surface area contributed by atoms with Crippen molar-refractivity contribution in [2.24, 2.45) is 15.4 Å². The first kappa shape index (κ1) is 12.2. The standard InChI is InChI=1S/C12H18N2S/c1-12(2,3)8-6-5-7-10-11(13-4)15-9-14-10/h5-7,9H,8H2,1-4H3/b6-5-,10-7+,13-11+. The fourth-order valence-corrected chi connectivity index (χ4v) is 1.72. The molecule has 0 fully saturated rings. The summed E-state index contributed by atoms with van der Waals surface area (Å²) >= 11 is 1.57. The maximum absolute atomic E-state index is 4.24. The molecule has 0 aliphatic carbocycles. The van der Waals surface area contributed by atoms with Crippen LogP contribution in [0.15, 0.2) is 33.9 Å². The highest BCUT2D eigenvalue weighted by Crippen LogP contribution is 2.21. The van der Waals surface area contributed by atoms with Crippen LogP contribution in [0.2, 0.25) is 0 Å². The zero-order chi connectivity index (χ0) is 11.3. The predicted molar refractivity (Wildman–Crippen MR) is 70.7 cm³/mol. The van der Waals surface area contributed by atoms with Crippen molar-refractivity contribution < 1.29 is 0 Å². The number of allylic oxidation sites excluding steroid dienone is 3. The lowest BCUT2D eigenvalue weighted by molar-refractivity contribution is 0.420. The maximum Gasteiger partial charge on any atom is 0.122 e. The zero-order valence-corrected chi connectivity index (χ0v) is 10.6. The number of nitrogens with zero attached hydrogens (tertiary/aromatic N) is 2. The van der Waals surface area contributed by atoms with E-state index < -0.39 is 0 Å². The first-order chi connectivity index (χ1) is 7.03. The molecule has 0 saturated heterocycles. The van der Waals surface area contributed by atoms with E-state index in [2.05, 4.69) is 42.9 Å². The van der Waals surface area contributed by atoms with Gasteiger partial charge < -0.3 is 0 Å². The van der Waals surface area contributed by atoms with Crippen LogP contribution < -0.4 is 0 Å². The molecule has 0 N–H and O–H groups in total. The summed E-state index contributed by atoms with van der Waals surface area (Å²) < 4.78 is 0. The highest BCUT2D eigenvalue weighted by atomic mass is 32.2. The maximum atomic E-state index is 4.24.